The highest BCUT2D eigenvalue weighted by Crippen LogP contribution is 2.25. The van der Waals surface area contributed by atoms with Crippen molar-refractivity contribution in [3.63, 3.8) is 0 Å². The van der Waals surface area contributed by atoms with Crippen molar-refractivity contribution in [2.24, 2.45) is 5.18 Å². The van der Waals surface area contributed by atoms with Crippen molar-refractivity contribution in [1.82, 2.24) is 0 Å². The van der Waals surface area contributed by atoms with Gasteiger partial charge in [-0.3, -0.25) is 0 Å². The van der Waals surface area contributed by atoms with Crippen LogP contribution in [0.5, 0.6) is 0 Å². The van der Waals surface area contributed by atoms with Crippen molar-refractivity contribution >= 4 is 23.2 Å². The molecule has 0 spiro atoms. The van der Waals surface area contributed by atoms with Gasteiger partial charge in [-0.2, -0.15) is 4.91 Å². The molecule has 4 heteroatoms. The Bertz CT molecular complexity index is 281. The molecule has 70 valence electrons. The van der Waals surface area contributed by atoms with Crippen molar-refractivity contribution in [2.75, 3.05) is 6.54 Å². The van der Waals surface area contributed by atoms with E-state index in [2.05, 4.69) is 5.18 Å². The van der Waals surface area contributed by atoms with Crippen LogP contribution in [0, 0.1) is 4.91 Å². The summed E-state index contributed by atoms with van der Waals surface area (Å²) in [6.45, 7) is 0.307. The molecule has 1 aromatic carbocycles. The Labute approximate surface area is 86.8 Å². The standard InChI is InChI=1S/C9H9Cl2NO/c10-8-4-1-5-9(11)7(8)3-2-6-12-13/h1,4-5H,2-3,6H2. The average Bonchev–Trinajstić information content (AvgIpc) is 2.10. The number of rotatable bonds is 4. The summed E-state index contributed by atoms with van der Waals surface area (Å²) in [5, 5.41) is 4.08. The molecular weight excluding hydrogens is 209 g/mol. The molecule has 0 saturated carbocycles. The predicted octanol–water partition coefficient (Wildman–Crippen LogP) is 3.69. The summed E-state index contributed by atoms with van der Waals surface area (Å²) >= 11 is 11.8. The molecule has 0 aliphatic heterocycles. The van der Waals surface area contributed by atoms with Gasteiger partial charge in [0.1, 0.15) is 0 Å². The fourth-order valence-electron chi connectivity index (χ4n) is 1.09. The maximum atomic E-state index is 9.85. The summed E-state index contributed by atoms with van der Waals surface area (Å²) in [5.74, 6) is 0. The van der Waals surface area contributed by atoms with Crippen LogP contribution in [0.1, 0.15) is 12.0 Å². The van der Waals surface area contributed by atoms with Crippen LogP contribution in [-0.4, -0.2) is 6.54 Å². The molecule has 0 aliphatic carbocycles. The molecule has 0 aliphatic rings. The second kappa shape index (κ2) is 5.20. The van der Waals surface area contributed by atoms with Gasteiger partial charge in [0.2, 0.25) is 0 Å². The first-order valence-corrected chi connectivity index (χ1v) is 4.73. The Morgan fingerprint density at radius 3 is 2.38 bits per heavy atom. The molecule has 0 atom stereocenters. The predicted molar refractivity (Wildman–Crippen MR) is 55.4 cm³/mol. The van der Waals surface area contributed by atoms with Crippen LogP contribution in [0.2, 0.25) is 10.0 Å². The molecule has 0 amide bonds. The van der Waals surface area contributed by atoms with E-state index >= 15 is 0 Å². The molecule has 0 radical (unpaired) electrons. The SMILES string of the molecule is O=NCCCc1c(Cl)cccc1Cl. The molecule has 2 nitrogen and oxygen atoms in total. The van der Waals surface area contributed by atoms with Crippen LogP contribution in [0.25, 0.3) is 0 Å². The minimum Gasteiger partial charge on any atom is -0.151 e. The van der Waals surface area contributed by atoms with E-state index in [-0.39, 0.29) is 0 Å². The van der Waals surface area contributed by atoms with Gasteiger partial charge in [-0.1, -0.05) is 34.4 Å². The lowest BCUT2D eigenvalue weighted by Gasteiger charge is -2.04. The first-order chi connectivity index (χ1) is 6.25. The van der Waals surface area contributed by atoms with Crippen LogP contribution >= 0.6 is 23.2 Å². The highest BCUT2D eigenvalue weighted by molar-refractivity contribution is 6.35. The number of hydrogen-bond acceptors (Lipinski definition) is 2. The lowest BCUT2D eigenvalue weighted by Crippen LogP contribution is -1.90. The maximum absolute atomic E-state index is 9.85. The number of hydrogen-bond donors (Lipinski definition) is 0. The monoisotopic (exact) mass is 217 g/mol. The van der Waals surface area contributed by atoms with E-state index in [0.29, 0.717) is 29.4 Å². The zero-order valence-corrected chi connectivity index (χ0v) is 8.48. The molecular formula is C9H9Cl2NO. The maximum Gasteiger partial charge on any atom is 0.0814 e. The first-order valence-electron chi connectivity index (χ1n) is 3.97. The molecule has 0 N–H and O–H groups in total. The summed E-state index contributed by atoms with van der Waals surface area (Å²) in [5.41, 5.74) is 0.898. The molecule has 0 bridgehead atoms. The normalized spacial score (nSPS) is 10.0. The van der Waals surface area contributed by atoms with Gasteiger partial charge in [0.05, 0.1) is 6.54 Å². The third-order valence-corrected chi connectivity index (χ3v) is 2.45. The third-order valence-electron chi connectivity index (χ3n) is 1.74. The number of halogens is 2. The lowest BCUT2D eigenvalue weighted by atomic mass is 10.1. The van der Waals surface area contributed by atoms with Gasteiger partial charge in [-0.15, -0.1) is 0 Å². The fourth-order valence-corrected chi connectivity index (χ4v) is 1.68. The van der Waals surface area contributed by atoms with Crippen LogP contribution in [0.15, 0.2) is 23.4 Å². The zero-order chi connectivity index (χ0) is 9.68. The van der Waals surface area contributed by atoms with E-state index in [0.717, 1.165) is 5.56 Å². The quantitative estimate of drug-likeness (QED) is 0.559. The Hall–Kier alpha value is -0.600. The highest BCUT2D eigenvalue weighted by Gasteiger charge is 2.04. The Morgan fingerprint density at radius 2 is 1.85 bits per heavy atom. The fraction of sp³-hybridized carbons (Fsp3) is 0.333. The largest absolute Gasteiger partial charge is 0.151 e. The van der Waals surface area contributed by atoms with E-state index in [1.807, 2.05) is 0 Å². The van der Waals surface area contributed by atoms with Crippen LogP contribution in [0.3, 0.4) is 0 Å². The molecule has 0 aromatic heterocycles. The van der Waals surface area contributed by atoms with Gasteiger partial charge < -0.3 is 0 Å². The van der Waals surface area contributed by atoms with Crippen molar-refractivity contribution in [3.05, 3.63) is 38.7 Å². The second-order valence-electron chi connectivity index (χ2n) is 2.66. The van der Waals surface area contributed by atoms with E-state index in [9.17, 15) is 4.91 Å². The van der Waals surface area contributed by atoms with Gasteiger partial charge in [0, 0.05) is 10.0 Å². The van der Waals surface area contributed by atoms with Crippen molar-refractivity contribution < 1.29 is 0 Å². The van der Waals surface area contributed by atoms with Crippen LogP contribution in [-0.2, 0) is 6.42 Å². The molecule has 1 aromatic rings. The van der Waals surface area contributed by atoms with Gasteiger partial charge in [0.25, 0.3) is 0 Å². The number of nitrogens with zero attached hydrogens (tertiary/aromatic N) is 1. The summed E-state index contributed by atoms with van der Waals surface area (Å²) in [6.07, 6.45) is 1.39. The van der Waals surface area contributed by atoms with Crippen molar-refractivity contribution in [2.45, 2.75) is 12.8 Å². The first kappa shape index (κ1) is 10.5. The van der Waals surface area contributed by atoms with Crippen LogP contribution < -0.4 is 0 Å². The minimum absolute atomic E-state index is 0.307. The minimum atomic E-state index is 0.307. The van der Waals surface area contributed by atoms with E-state index in [1.165, 1.54) is 0 Å². The van der Waals surface area contributed by atoms with Gasteiger partial charge in [0.15, 0.2) is 0 Å². The molecule has 0 saturated heterocycles. The summed E-state index contributed by atoms with van der Waals surface area (Å²) in [6, 6.07) is 5.38. The highest BCUT2D eigenvalue weighted by atomic mass is 35.5. The number of nitroso groups, excluding NO2 is 1. The number of benzene rings is 1. The van der Waals surface area contributed by atoms with Gasteiger partial charge >= 0.3 is 0 Å². The summed E-state index contributed by atoms with van der Waals surface area (Å²) < 4.78 is 0. The average molecular weight is 218 g/mol. The van der Waals surface area contributed by atoms with Crippen molar-refractivity contribution in [1.29, 1.82) is 0 Å². The molecule has 0 unspecified atom stereocenters. The topological polar surface area (TPSA) is 29.4 Å². The third kappa shape index (κ3) is 2.98. The smallest absolute Gasteiger partial charge is 0.0814 e. The molecule has 13 heavy (non-hydrogen) atoms. The lowest BCUT2D eigenvalue weighted by molar-refractivity contribution is 0.829. The Balaban J connectivity index is 2.69. The molecule has 0 fully saturated rings. The van der Waals surface area contributed by atoms with E-state index < -0.39 is 0 Å². The summed E-state index contributed by atoms with van der Waals surface area (Å²) in [4.78, 5) is 9.85. The molecule has 0 heterocycles. The van der Waals surface area contributed by atoms with E-state index in [1.54, 1.807) is 18.2 Å². The van der Waals surface area contributed by atoms with Crippen molar-refractivity contribution in [3.8, 4) is 0 Å². The Morgan fingerprint density at radius 1 is 1.23 bits per heavy atom. The second-order valence-corrected chi connectivity index (χ2v) is 3.47. The van der Waals surface area contributed by atoms with E-state index in [4.69, 9.17) is 23.2 Å². The van der Waals surface area contributed by atoms with Gasteiger partial charge in [-0.05, 0) is 30.5 Å². The molecule has 1 rings (SSSR count). The zero-order valence-electron chi connectivity index (χ0n) is 6.96. The van der Waals surface area contributed by atoms with Gasteiger partial charge in [-0.25, -0.2) is 0 Å². The summed E-state index contributed by atoms with van der Waals surface area (Å²) in [7, 11) is 0. The Kier molecular flexibility index (Phi) is 4.19. The van der Waals surface area contributed by atoms with Crippen LogP contribution in [0.4, 0.5) is 0 Å².